The van der Waals surface area contributed by atoms with Gasteiger partial charge in [-0.1, -0.05) is 28.1 Å². The van der Waals surface area contributed by atoms with E-state index in [9.17, 15) is 4.79 Å². The molecule has 3 nitrogen and oxygen atoms in total. The van der Waals surface area contributed by atoms with Gasteiger partial charge in [-0.2, -0.15) is 0 Å². The number of carbonyl (C=O) groups excluding carboxylic acids is 1. The second kappa shape index (κ2) is 4.11. The first-order chi connectivity index (χ1) is 6.77. The molecule has 2 rings (SSSR count). The molecule has 0 N–H and O–H groups in total. The summed E-state index contributed by atoms with van der Waals surface area (Å²) in [6, 6.07) is 7.45. The predicted octanol–water partition coefficient (Wildman–Crippen LogP) is 2.06. The highest BCUT2D eigenvalue weighted by Gasteiger charge is 2.26. The molecular formula is C10H9BrO3. The van der Waals surface area contributed by atoms with Gasteiger partial charge in [0.05, 0.1) is 6.61 Å². The number of cyclic esters (lactones) is 1. The molecule has 1 aliphatic heterocycles. The molecule has 0 radical (unpaired) electrons. The minimum Gasteiger partial charge on any atom is -0.461 e. The molecule has 1 atom stereocenters. The fraction of sp³-hybridized carbons (Fsp3) is 0.300. The van der Waals surface area contributed by atoms with Crippen molar-refractivity contribution in [3.8, 4) is 0 Å². The number of halogens is 1. The predicted molar refractivity (Wildman–Crippen MR) is 53.8 cm³/mol. The summed E-state index contributed by atoms with van der Waals surface area (Å²) in [4.78, 5) is 11.3. The van der Waals surface area contributed by atoms with E-state index in [-0.39, 0.29) is 5.97 Å². The van der Waals surface area contributed by atoms with Gasteiger partial charge >= 0.3 is 5.97 Å². The summed E-state index contributed by atoms with van der Waals surface area (Å²) < 4.78 is 11.2. The van der Waals surface area contributed by atoms with Crippen LogP contribution in [0.3, 0.4) is 0 Å². The van der Waals surface area contributed by atoms with Crippen molar-refractivity contribution in [2.45, 2.75) is 6.10 Å². The summed E-state index contributed by atoms with van der Waals surface area (Å²) in [5, 5.41) is 0. The summed E-state index contributed by atoms with van der Waals surface area (Å²) in [7, 11) is 0. The Morgan fingerprint density at radius 3 is 2.57 bits per heavy atom. The van der Waals surface area contributed by atoms with Crippen molar-refractivity contribution in [1.29, 1.82) is 0 Å². The normalized spacial score (nSPS) is 21.8. The van der Waals surface area contributed by atoms with Crippen molar-refractivity contribution in [2.24, 2.45) is 0 Å². The molecule has 14 heavy (non-hydrogen) atoms. The largest absolute Gasteiger partial charge is 0.461 e. The van der Waals surface area contributed by atoms with E-state index in [0.717, 1.165) is 10.0 Å². The van der Waals surface area contributed by atoms with Crippen molar-refractivity contribution in [3.05, 3.63) is 34.3 Å². The molecule has 0 bridgehead atoms. The fourth-order valence-corrected chi connectivity index (χ4v) is 1.59. The van der Waals surface area contributed by atoms with Crippen LogP contribution in [0.1, 0.15) is 11.7 Å². The van der Waals surface area contributed by atoms with Crippen molar-refractivity contribution in [1.82, 2.24) is 0 Å². The van der Waals surface area contributed by atoms with Crippen LogP contribution >= 0.6 is 15.9 Å². The van der Waals surface area contributed by atoms with Crippen LogP contribution in [-0.4, -0.2) is 19.2 Å². The molecule has 1 aromatic carbocycles. The maximum Gasteiger partial charge on any atom is 0.340 e. The highest BCUT2D eigenvalue weighted by atomic mass is 79.9. The molecule has 1 aliphatic rings. The molecule has 0 aliphatic carbocycles. The van der Waals surface area contributed by atoms with Gasteiger partial charge in [-0.15, -0.1) is 0 Å². The summed E-state index contributed by atoms with van der Waals surface area (Å²) in [5.41, 5.74) is 0.831. The summed E-state index contributed by atoms with van der Waals surface area (Å²) in [6.07, 6.45) is -0.558. The van der Waals surface area contributed by atoms with E-state index in [2.05, 4.69) is 15.9 Å². The molecule has 1 fully saturated rings. The number of rotatable bonds is 1. The third-order valence-corrected chi connectivity index (χ3v) is 2.53. The van der Waals surface area contributed by atoms with Crippen molar-refractivity contribution in [2.75, 3.05) is 13.2 Å². The van der Waals surface area contributed by atoms with Crippen LogP contribution in [0.15, 0.2) is 28.7 Å². The number of carbonyl (C=O) groups is 1. The van der Waals surface area contributed by atoms with E-state index in [4.69, 9.17) is 9.47 Å². The molecule has 0 amide bonds. The third kappa shape index (κ3) is 1.96. The molecule has 1 saturated heterocycles. The zero-order valence-electron chi connectivity index (χ0n) is 7.40. The minimum absolute atomic E-state index is 0.307. The lowest BCUT2D eigenvalue weighted by Gasteiger charge is -2.21. The van der Waals surface area contributed by atoms with E-state index in [1.807, 2.05) is 24.3 Å². The van der Waals surface area contributed by atoms with E-state index in [1.165, 1.54) is 0 Å². The van der Waals surface area contributed by atoms with Gasteiger partial charge in [0.15, 0.2) is 6.10 Å². The second-order valence-electron chi connectivity index (χ2n) is 2.97. The van der Waals surface area contributed by atoms with Crippen LogP contribution in [0.4, 0.5) is 0 Å². The lowest BCUT2D eigenvalue weighted by Crippen LogP contribution is -2.27. The summed E-state index contributed by atoms with van der Waals surface area (Å²) >= 11 is 3.33. The van der Waals surface area contributed by atoms with Crippen molar-refractivity contribution < 1.29 is 14.3 Å². The van der Waals surface area contributed by atoms with Gasteiger partial charge in [0, 0.05) is 4.47 Å². The molecule has 4 heteroatoms. The smallest absolute Gasteiger partial charge is 0.340 e. The Bertz CT molecular complexity index is 334. The highest BCUT2D eigenvalue weighted by Crippen LogP contribution is 2.23. The molecule has 0 spiro atoms. The number of hydrogen-bond donors (Lipinski definition) is 0. The van der Waals surface area contributed by atoms with Gasteiger partial charge in [-0.05, 0) is 17.7 Å². The minimum atomic E-state index is -0.558. The van der Waals surface area contributed by atoms with E-state index >= 15 is 0 Å². The van der Waals surface area contributed by atoms with Gasteiger partial charge in [0.25, 0.3) is 0 Å². The Morgan fingerprint density at radius 2 is 1.93 bits per heavy atom. The van der Waals surface area contributed by atoms with Gasteiger partial charge in [0.1, 0.15) is 6.61 Å². The number of ether oxygens (including phenoxy) is 2. The van der Waals surface area contributed by atoms with Crippen LogP contribution in [0.5, 0.6) is 0 Å². The Morgan fingerprint density at radius 1 is 1.21 bits per heavy atom. The summed E-state index contributed by atoms with van der Waals surface area (Å²) in [5.74, 6) is -0.307. The highest BCUT2D eigenvalue weighted by molar-refractivity contribution is 9.10. The van der Waals surface area contributed by atoms with Crippen molar-refractivity contribution in [3.63, 3.8) is 0 Å². The maximum atomic E-state index is 11.3. The standard InChI is InChI=1S/C10H9BrO3/c11-8-3-1-7(2-4-8)9-10(12)14-6-5-13-9/h1-4,9H,5-6H2. The quantitative estimate of drug-likeness (QED) is 0.722. The van der Waals surface area contributed by atoms with Crippen molar-refractivity contribution >= 4 is 21.9 Å². The fourth-order valence-electron chi connectivity index (χ4n) is 1.32. The molecule has 1 heterocycles. The van der Waals surface area contributed by atoms with E-state index in [1.54, 1.807) is 0 Å². The van der Waals surface area contributed by atoms with Crippen LogP contribution in [-0.2, 0) is 14.3 Å². The van der Waals surface area contributed by atoms with E-state index < -0.39 is 6.10 Å². The Kier molecular flexibility index (Phi) is 2.84. The lowest BCUT2D eigenvalue weighted by atomic mass is 10.1. The molecule has 0 aromatic heterocycles. The van der Waals surface area contributed by atoms with Crippen LogP contribution < -0.4 is 0 Å². The zero-order chi connectivity index (χ0) is 9.97. The molecule has 0 saturated carbocycles. The number of hydrogen-bond acceptors (Lipinski definition) is 3. The molecule has 74 valence electrons. The van der Waals surface area contributed by atoms with Gasteiger partial charge in [-0.25, -0.2) is 4.79 Å². The SMILES string of the molecule is O=C1OCCOC1c1ccc(Br)cc1. The Hall–Kier alpha value is -0.870. The maximum absolute atomic E-state index is 11.3. The second-order valence-corrected chi connectivity index (χ2v) is 3.89. The summed E-state index contributed by atoms with van der Waals surface area (Å²) in [6.45, 7) is 0.818. The first-order valence-corrected chi connectivity index (χ1v) is 5.10. The average Bonchev–Trinajstić information content (AvgIpc) is 2.20. The molecule has 1 unspecified atom stereocenters. The molecule has 1 aromatic rings. The average molecular weight is 257 g/mol. The Labute approximate surface area is 90.1 Å². The Balaban J connectivity index is 2.20. The molecular weight excluding hydrogens is 248 g/mol. The first-order valence-electron chi connectivity index (χ1n) is 4.31. The monoisotopic (exact) mass is 256 g/mol. The zero-order valence-corrected chi connectivity index (χ0v) is 8.99. The first kappa shape index (κ1) is 9.68. The van der Waals surface area contributed by atoms with E-state index in [0.29, 0.717) is 13.2 Å². The van der Waals surface area contributed by atoms with Crippen LogP contribution in [0.25, 0.3) is 0 Å². The number of esters is 1. The topological polar surface area (TPSA) is 35.5 Å². The number of benzene rings is 1. The lowest BCUT2D eigenvalue weighted by molar-refractivity contribution is -0.171. The van der Waals surface area contributed by atoms with Crippen LogP contribution in [0.2, 0.25) is 0 Å². The van der Waals surface area contributed by atoms with Crippen LogP contribution in [0, 0.1) is 0 Å². The van der Waals surface area contributed by atoms with Gasteiger partial charge < -0.3 is 9.47 Å². The third-order valence-electron chi connectivity index (χ3n) is 2.00. The van der Waals surface area contributed by atoms with Gasteiger partial charge in [0.2, 0.25) is 0 Å². The van der Waals surface area contributed by atoms with Gasteiger partial charge in [-0.3, -0.25) is 0 Å².